The van der Waals surface area contributed by atoms with Gasteiger partial charge in [-0.3, -0.25) is 0 Å². The molecule has 1 aromatic rings. The molecule has 3 N–H and O–H groups in total. The van der Waals surface area contributed by atoms with Gasteiger partial charge in [-0.05, 0) is 12.1 Å². The minimum Gasteiger partial charge on any atom is -0.478 e. The van der Waals surface area contributed by atoms with Crippen molar-refractivity contribution < 1.29 is 19.4 Å². The number of aromatic carboxylic acids is 1. The second-order valence-corrected chi connectivity index (χ2v) is 3.80. The van der Waals surface area contributed by atoms with E-state index in [2.05, 4.69) is 0 Å². The van der Waals surface area contributed by atoms with E-state index in [-0.39, 0.29) is 11.3 Å². The molecule has 1 aliphatic heterocycles. The third kappa shape index (κ3) is 1.56. The van der Waals surface area contributed by atoms with Crippen molar-refractivity contribution in [2.24, 2.45) is 0 Å². The molecule has 15 heavy (non-hydrogen) atoms. The van der Waals surface area contributed by atoms with Crippen LogP contribution < -0.4 is 15.2 Å². The number of nitrogen functional groups attached to an aromatic ring is 1. The Morgan fingerprint density at radius 1 is 1.40 bits per heavy atom. The molecule has 0 radical (unpaired) electrons. The highest BCUT2D eigenvalue weighted by Crippen LogP contribution is 2.44. The van der Waals surface area contributed by atoms with Gasteiger partial charge in [-0.15, -0.1) is 0 Å². The SMILES string of the molecule is CC1(C)Oc2cc(C(=O)O)cc(N)c2O1. The second-order valence-electron chi connectivity index (χ2n) is 3.80. The summed E-state index contributed by atoms with van der Waals surface area (Å²) < 4.78 is 10.8. The molecule has 0 amide bonds. The van der Waals surface area contributed by atoms with Gasteiger partial charge in [0.15, 0.2) is 11.5 Å². The van der Waals surface area contributed by atoms with E-state index in [1.807, 2.05) is 0 Å². The van der Waals surface area contributed by atoms with Crippen molar-refractivity contribution in [1.29, 1.82) is 0 Å². The van der Waals surface area contributed by atoms with Crippen LogP contribution in [0.1, 0.15) is 24.2 Å². The van der Waals surface area contributed by atoms with Gasteiger partial charge in [0.2, 0.25) is 5.79 Å². The first-order valence-corrected chi connectivity index (χ1v) is 4.44. The molecule has 0 unspecified atom stereocenters. The minimum atomic E-state index is -1.04. The molecule has 0 bridgehead atoms. The fourth-order valence-corrected chi connectivity index (χ4v) is 1.46. The number of carboxylic acids is 1. The number of hydrogen-bond donors (Lipinski definition) is 2. The van der Waals surface area contributed by atoms with Crippen molar-refractivity contribution in [3.8, 4) is 11.5 Å². The van der Waals surface area contributed by atoms with Gasteiger partial charge < -0.3 is 20.3 Å². The van der Waals surface area contributed by atoms with Crippen LogP contribution in [0.15, 0.2) is 12.1 Å². The lowest BCUT2D eigenvalue weighted by atomic mass is 10.2. The lowest BCUT2D eigenvalue weighted by Crippen LogP contribution is -2.29. The van der Waals surface area contributed by atoms with E-state index in [1.165, 1.54) is 12.1 Å². The highest BCUT2D eigenvalue weighted by molar-refractivity contribution is 5.90. The Kier molecular flexibility index (Phi) is 1.79. The second kappa shape index (κ2) is 2.79. The van der Waals surface area contributed by atoms with Crippen LogP contribution in [0.2, 0.25) is 0 Å². The topological polar surface area (TPSA) is 81.8 Å². The molecule has 1 heterocycles. The van der Waals surface area contributed by atoms with Crippen molar-refractivity contribution in [3.63, 3.8) is 0 Å². The van der Waals surface area contributed by atoms with Crippen LogP contribution in [-0.2, 0) is 0 Å². The van der Waals surface area contributed by atoms with E-state index in [0.29, 0.717) is 11.5 Å². The molecule has 5 nitrogen and oxygen atoms in total. The third-order valence-electron chi connectivity index (χ3n) is 2.03. The number of carbonyl (C=O) groups is 1. The molecule has 1 aliphatic rings. The van der Waals surface area contributed by atoms with Gasteiger partial charge in [-0.25, -0.2) is 4.79 Å². The lowest BCUT2D eigenvalue weighted by Gasteiger charge is -2.16. The van der Waals surface area contributed by atoms with Gasteiger partial charge in [0.1, 0.15) is 0 Å². The number of carboxylic acid groups (broad SMARTS) is 1. The van der Waals surface area contributed by atoms with Crippen molar-refractivity contribution in [3.05, 3.63) is 17.7 Å². The number of anilines is 1. The third-order valence-corrected chi connectivity index (χ3v) is 2.03. The van der Waals surface area contributed by atoms with Crippen LogP contribution in [-0.4, -0.2) is 16.9 Å². The summed E-state index contributed by atoms with van der Waals surface area (Å²) in [6.07, 6.45) is 0. The maximum atomic E-state index is 10.8. The van der Waals surface area contributed by atoms with Crippen LogP contribution >= 0.6 is 0 Å². The molecule has 0 spiro atoms. The number of fused-ring (bicyclic) bond motifs is 1. The molecule has 80 valence electrons. The first-order valence-electron chi connectivity index (χ1n) is 4.44. The Hall–Kier alpha value is -1.91. The largest absolute Gasteiger partial charge is 0.478 e. The van der Waals surface area contributed by atoms with Crippen LogP contribution in [0.5, 0.6) is 11.5 Å². The molecule has 0 atom stereocenters. The Labute approximate surface area is 86.4 Å². The van der Waals surface area contributed by atoms with E-state index in [9.17, 15) is 4.79 Å². The van der Waals surface area contributed by atoms with E-state index in [4.69, 9.17) is 20.3 Å². The average molecular weight is 209 g/mol. The number of hydrogen-bond acceptors (Lipinski definition) is 4. The average Bonchev–Trinajstić information content (AvgIpc) is 2.39. The monoisotopic (exact) mass is 209 g/mol. The molecule has 2 rings (SSSR count). The van der Waals surface area contributed by atoms with E-state index < -0.39 is 11.8 Å². The fraction of sp³-hybridized carbons (Fsp3) is 0.300. The Morgan fingerprint density at radius 2 is 2.07 bits per heavy atom. The maximum Gasteiger partial charge on any atom is 0.335 e. The zero-order chi connectivity index (χ0) is 11.2. The smallest absolute Gasteiger partial charge is 0.335 e. The molecular weight excluding hydrogens is 198 g/mol. The van der Waals surface area contributed by atoms with E-state index in [1.54, 1.807) is 13.8 Å². The zero-order valence-electron chi connectivity index (χ0n) is 8.40. The summed E-state index contributed by atoms with van der Waals surface area (Å²) in [5.74, 6) is -1.06. The van der Waals surface area contributed by atoms with Crippen LogP contribution in [0.3, 0.4) is 0 Å². The number of benzene rings is 1. The van der Waals surface area contributed by atoms with E-state index in [0.717, 1.165) is 0 Å². The molecule has 0 saturated carbocycles. The first-order chi connectivity index (χ1) is 6.89. The predicted molar refractivity (Wildman–Crippen MR) is 53.1 cm³/mol. The molecule has 0 saturated heterocycles. The van der Waals surface area contributed by atoms with Crippen LogP contribution in [0.25, 0.3) is 0 Å². The molecule has 5 heteroatoms. The molecular formula is C10H11NO4. The lowest BCUT2D eigenvalue weighted by molar-refractivity contribution is -0.0429. The summed E-state index contributed by atoms with van der Waals surface area (Å²) in [7, 11) is 0. The standard InChI is InChI=1S/C10H11NO4/c1-10(2)14-7-4-5(9(12)13)3-6(11)8(7)15-10/h3-4H,11H2,1-2H3,(H,12,13). The van der Waals surface area contributed by atoms with Crippen molar-refractivity contribution >= 4 is 11.7 Å². The molecule has 0 aromatic heterocycles. The quantitative estimate of drug-likeness (QED) is 0.684. The minimum absolute atomic E-state index is 0.0903. The number of rotatable bonds is 1. The zero-order valence-corrected chi connectivity index (χ0v) is 8.40. The van der Waals surface area contributed by atoms with Crippen molar-refractivity contribution in [2.45, 2.75) is 19.6 Å². The summed E-state index contributed by atoms with van der Waals surface area (Å²) in [6, 6.07) is 2.76. The molecule has 0 aliphatic carbocycles. The Bertz CT molecular complexity index is 439. The summed E-state index contributed by atoms with van der Waals surface area (Å²) in [5.41, 5.74) is 6.03. The summed E-state index contributed by atoms with van der Waals surface area (Å²) >= 11 is 0. The normalized spacial score (nSPS) is 16.4. The van der Waals surface area contributed by atoms with Gasteiger partial charge >= 0.3 is 5.97 Å². The number of ether oxygens (including phenoxy) is 2. The fourth-order valence-electron chi connectivity index (χ4n) is 1.46. The summed E-state index contributed by atoms with van der Waals surface area (Å²) in [6.45, 7) is 3.46. The van der Waals surface area contributed by atoms with Crippen LogP contribution in [0, 0.1) is 0 Å². The van der Waals surface area contributed by atoms with Crippen LogP contribution in [0.4, 0.5) is 5.69 Å². The van der Waals surface area contributed by atoms with Crippen molar-refractivity contribution in [1.82, 2.24) is 0 Å². The summed E-state index contributed by atoms with van der Waals surface area (Å²) in [4.78, 5) is 10.8. The Morgan fingerprint density at radius 3 is 2.67 bits per heavy atom. The highest BCUT2D eigenvalue weighted by atomic mass is 16.7. The Balaban J connectivity index is 2.51. The van der Waals surface area contributed by atoms with Gasteiger partial charge in [-0.2, -0.15) is 0 Å². The van der Waals surface area contributed by atoms with Gasteiger partial charge in [0, 0.05) is 13.8 Å². The predicted octanol–water partition coefficient (Wildman–Crippen LogP) is 1.47. The maximum absolute atomic E-state index is 10.8. The van der Waals surface area contributed by atoms with Gasteiger partial charge in [0.25, 0.3) is 0 Å². The van der Waals surface area contributed by atoms with Crippen molar-refractivity contribution in [2.75, 3.05) is 5.73 Å². The number of nitrogens with two attached hydrogens (primary N) is 1. The van der Waals surface area contributed by atoms with E-state index >= 15 is 0 Å². The highest BCUT2D eigenvalue weighted by Gasteiger charge is 2.34. The van der Waals surface area contributed by atoms with Gasteiger partial charge in [0.05, 0.1) is 11.3 Å². The molecule has 1 aromatic carbocycles. The van der Waals surface area contributed by atoms with Gasteiger partial charge in [-0.1, -0.05) is 0 Å². The molecule has 0 fully saturated rings. The first kappa shape index (κ1) is 9.64. The summed E-state index contributed by atoms with van der Waals surface area (Å²) in [5, 5.41) is 8.82.